The fourth-order valence-electron chi connectivity index (χ4n) is 4.51. The van der Waals surface area contributed by atoms with E-state index in [1.165, 1.54) is 12.1 Å². The first-order valence-electron chi connectivity index (χ1n) is 11.8. The highest BCUT2D eigenvalue weighted by Crippen LogP contribution is 2.30. The molecule has 182 valence electrons. The lowest BCUT2D eigenvalue weighted by atomic mass is 9.99. The summed E-state index contributed by atoms with van der Waals surface area (Å²) in [6, 6.07) is 12.1. The van der Waals surface area contributed by atoms with E-state index in [0.29, 0.717) is 35.1 Å². The number of aryl methyl sites for hydroxylation is 1. The first-order valence-corrected chi connectivity index (χ1v) is 11.8. The summed E-state index contributed by atoms with van der Waals surface area (Å²) in [7, 11) is 3.25. The van der Waals surface area contributed by atoms with Crippen LogP contribution in [-0.2, 0) is 6.54 Å². The predicted octanol–water partition coefficient (Wildman–Crippen LogP) is 4.34. The van der Waals surface area contributed by atoms with Crippen LogP contribution in [0.15, 0.2) is 42.5 Å². The number of fused-ring (bicyclic) bond motifs is 1. The Kier molecular flexibility index (Phi) is 6.50. The molecule has 35 heavy (non-hydrogen) atoms. The van der Waals surface area contributed by atoms with Gasteiger partial charge in [-0.2, -0.15) is 4.52 Å². The second kappa shape index (κ2) is 9.87. The Morgan fingerprint density at radius 2 is 2.03 bits per heavy atom. The van der Waals surface area contributed by atoms with Crippen molar-refractivity contribution >= 4 is 11.6 Å². The molecule has 8 nitrogen and oxygen atoms in total. The molecule has 0 unspecified atom stereocenters. The average molecular weight is 477 g/mol. The smallest absolute Gasteiger partial charge is 0.226 e. The molecule has 0 saturated carbocycles. The highest BCUT2D eigenvalue weighted by molar-refractivity contribution is 5.71. The third kappa shape index (κ3) is 4.64. The third-order valence-electron chi connectivity index (χ3n) is 6.42. The van der Waals surface area contributed by atoms with Crippen LogP contribution in [0.3, 0.4) is 0 Å². The monoisotopic (exact) mass is 476 g/mol. The molecule has 1 atom stereocenters. The zero-order valence-electron chi connectivity index (χ0n) is 20.1. The van der Waals surface area contributed by atoms with Crippen molar-refractivity contribution in [3.05, 3.63) is 65.2 Å². The minimum Gasteiger partial charge on any atom is -0.497 e. The van der Waals surface area contributed by atoms with E-state index in [1.54, 1.807) is 24.8 Å². The molecule has 4 aromatic rings. The van der Waals surface area contributed by atoms with Gasteiger partial charge in [0.1, 0.15) is 17.3 Å². The van der Waals surface area contributed by atoms with Crippen LogP contribution in [-0.4, -0.2) is 46.9 Å². The molecule has 1 aliphatic rings. The average Bonchev–Trinajstić information content (AvgIpc) is 3.35. The molecule has 1 aliphatic heterocycles. The summed E-state index contributed by atoms with van der Waals surface area (Å²) in [5, 5.41) is 11.7. The molecule has 1 fully saturated rings. The van der Waals surface area contributed by atoms with Gasteiger partial charge in [-0.3, -0.25) is 0 Å². The van der Waals surface area contributed by atoms with Crippen LogP contribution >= 0.6 is 0 Å². The van der Waals surface area contributed by atoms with E-state index < -0.39 is 0 Å². The first-order chi connectivity index (χ1) is 17.1. The Morgan fingerprint density at radius 1 is 1.14 bits per heavy atom. The van der Waals surface area contributed by atoms with E-state index in [2.05, 4.69) is 10.6 Å². The van der Waals surface area contributed by atoms with Crippen molar-refractivity contribution in [1.29, 1.82) is 0 Å². The highest BCUT2D eigenvalue weighted by Gasteiger charge is 2.23. The van der Waals surface area contributed by atoms with Gasteiger partial charge in [0.2, 0.25) is 5.95 Å². The lowest BCUT2D eigenvalue weighted by Crippen LogP contribution is -2.29. The van der Waals surface area contributed by atoms with Gasteiger partial charge in [-0.25, -0.2) is 14.4 Å². The summed E-state index contributed by atoms with van der Waals surface area (Å²) in [5.74, 6) is 2.69. The zero-order valence-corrected chi connectivity index (χ0v) is 20.1. The van der Waals surface area contributed by atoms with Crippen molar-refractivity contribution in [2.45, 2.75) is 32.2 Å². The number of hydrogen-bond donors (Lipinski definition) is 2. The maximum absolute atomic E-state index is 14.1. The number of anilines is 1. The molecule has 2 aromatic heterocycles. The SMILES string of the molecule is COc1ccc(CNc2nc(-c3cccc(F)c3)c(C)c3nc([C@@H]4CCCNC4)nn23)c(OC)c1. The van der Waals surface area contributed by atoms with Gasteiger partial charge in [0.05, 0.1) is 19.9 Å². The lowest BCUT2D eigenvalue weighted by molar-refractivity contribution is 0.391. The van der Waals surface area contributed by atoms with Crippen molar-refractivity contribution in [2.24, 2.45) is 0 Å². The molecule has 5 rings (SSSR count). The van der Waals surface area contributed by atoms with Gasteiger partial charge in [-0.15, -0.1) is 5.10 Å². The number of hydrogen-bond acceptors (Lipinski definition) is 7. The number of nitrogens with zero attached hydrogens (tertiary/aromatic N) is 4. The standard InChI is InChI=1S/C26H29FN6O2/c1-16-23(17-6-4-8-20(27)12-17)30-26(29-15-18-9-10-21(34-2)13-22(18)35-3)33-25(16)31-24(32-33)19-7-5-11-28-14-19/h4,6,8-10,12-13,19,28H,5,7,11,14-15H2,1-3H3,(H,29,30)/t19-/m1/s1. The van der Waals surface area contributed by atoms with Crippen LogP contribution in [0.25, 0.3) is 16.9 Å². The van der Waals surface area contributed by atoms with Crippen LogP contribution in [0.2, 0.25) is 0 Å². The van der Waals surface area contributed by atoms with Gasteiger partial charge in [0, 0.05) is 41.8 Å². The van der Waals surface area contributed by atoms with E-state index in [9.17, 15) is 4.39 Å². The van der Waals surface area contributed by atoms with Crippen LogP contribution < -0.4 is 20.1 Å². The van der Waals surface area contributed by atoms with Crippen LogP contribution in [0.4, 0.5) is 10.3 Å². The van der Waals surface area contributed by atoms with Gasteiger partial charge in [0.15, 0.2) is 11.5 Å². The molecular formula is C26H29FN6O2. The van der Waals surface area contributed by atoms with Gasteiger partial charge in [0.25, 0.3) is 0 Å². The van der Waals surface area contributed by atoms with Gasteiger partial charge >= 0.3 is 0 Å². The van der Waals surface area contributed by atoms with E-state index in [1.807, 2.05) is 31.2 Å². The maximum Gasteiger partial charge on any atom is 0.226 e. The Balaban J connectivity index is 1.58. The minimum atomic E-state index is -0.309. The van der Waals surface area contributed by atoms with Gasteiger partial charge < -0.3 is 20.1 Å². The van der Waals surface area contributed by atoms with Gasteiger partial charge in [-0.05, 0) is 50.6 Å². The quantitative estimate of drug-likeness (QED) is 0.411. The van der Waals surface area contributed by atoms with Crippen LogP contribution in [0, 0.1) is 12.7 Å². The zero-order chi connectivity index (χ0) is 24.4. The molecule has 3 heterocycles. The largest absolute Gasteiger partial charge is 0.497 e. The summed E-state index contributed by atoms with van der Waals surface area (Å²) in [6.07, 6.45) is 2.13. The predicted molar refractivity (Wildman–Crippen MR) is 133 cm³/mol. The number of halogens is 1. The fourth-order valence-corrected chi connectivity index (χ4v) is 4.51. The second-order valence-corrected chi connectivity index (χ2v) is 8.70. The fraction of sp³-hybridized carbons (Fsp3) is 0.346. The summed E-state index contributed by atoms with van der Waals surface area (Å²) in [6.45, 7) is 4.27. The van der Waals surface area contributed by atoms with Crippen molar-refractivity contribution in [3.63, 3.8) is 0 Å². The van der Waals surface area contributed by atoms with E-state index in [-0.39, 0.29) is 11.7 Å². The van der Waals surface area contributed by atoms with Gasteiger partial charge in [-0.1, -0.05) is 12.1 Å². The normalized spacial score (nSPS) is 15.8. The molecule has 0 bridgehead atoms. The number of piperidine rings is 1. The molecule has 1 saturated heterocycles. The van der Waals surface area contributed by atoms with Crippen LogP contribution in [0.5, 0.6) is 11.5 Å². The summed E-state index contributed by atoms with van der Waals surface area (Å²) in [5.41, 5.74) is 3.86. The molecule has 2 aromatic carbocycles. The molecule has 9 heteroatoms. The van der Waals surface area contributed by atoms with E-state index in [0.717, 1.165) is 48.6 Å². The molecule has 2 N–H and O–H groups in total. The number of aromatic nitrogens is 4. The maximum atomic E-state index is 14.1. The first kappa shape index (κ1) is 23.0. The Labute approximate surface area is 203 Å². The van der Waals surface area contributed by atoms with E-state index >= 15 is 0 Å². The number of ether oxygens (including phenoxy) is 2. The topological polar surface area (TPSA) is 85.6 Å². The Bertz CT molecular complexity index is 1350. The van der Waals surface area contributed by atoms with Crippen molar-refractivity contribution in [2.75, 3.05) is 32.6 Å². The van der Waals surface area contributed by atoms with Crippen molar-refractivity contribution in [1.82, 2.24) is 24.9 Å². The number of nitrogens with one attached hydrogen (secondary N) is 2. The van der Waals surface area contributed by atoms with E-state index in [4.69, 9.17) is 24.5 Å². The highest BCUT2D eigenvalue weighted by atomic mass is 19.1. The molecule has 0 radical (unpaired) electrons. The second-order valence-electron chi connectivity index (χ2n) is 8.70. The van der Waals surface area contributed by atoms with Crippen molar-refractivity contribution in [3.8, 4) is 22.8 Å². The Hall–Kier alpha value is -3.72. The Morgan fingerprint density at radius 3 is 2.77 bits per heavy atom. The molecular weight excluding hydrogens is 447 g/mol. The number of methoxy groups -OCH3 is 2. The molecule has 0 spiro atoms. The van der Waals surface area contributed by atoms with Crippen molar-refractivity contribution < 1.29 is 13.9 Å². The lowest BCUT2D eigenvalue weighted by Gasteiger charge is -2.19. The molecule has 0 amide bonds. The summed E-state index contributed by atoms with van der Waals surface area (Å²) < 4.78 is 26.7. The summed E-state index contributed by atoms with van der Waals surface area (Å²) in [4.78, 5) is 9.79. The number of benzene rings is 2. The summed E-state index contributed by atoms with van der Waals surface area (Å²) >= 11 is 0. The molecule has 0 aliphatic carbocycles. The van der Waals surface area contributed by atoms with Crippen LogP contribution in [0.1, 0.15) is 35.7 Å². The third-order valence-corrected chi connectivity index (χ3v) is 6.42. The number of rotatable bonds is 7. The minimum absolute atomic E-state index is 0.246.